The first kappa shape index (κ1) is 24.4. The number of thiophene rings is 1. The molecule has 0 saturated carbocycles. The highest BCUT2D eigenvalue weighted by Crippen LogP contribution is 2.36. The second kappa shape index (κ2) is 9.35. The largest absolute Gasteiger partial charge is 0.282 e. The van der Waals surface area contributed by atoms with Gasteiger partial charge in [-0.15, -0.1) is 11.3 Å². The number of carbonyl (C=O) groups excluding carboxylic acids is 1. The standard InChI is InChI=1S/C22H21N3O5S3/c1-14(2)33(29,30)24-20-10-11-31-21(20)16-6-4-15(5-7-16)19-9-8-17(12-18(19)13-23)22(26)25-32(3,27)28/h4-12,14,24H,1-3H3,(H,25,26). The summed E-state index contributed by atoms with van der Waals surface area (Å²) in [5.41, 5.74) is 2.86. The van der Waals surface area contributed by atoms with Crippen molar-refractivity contribution in [2.45, 2.75) is 19.1 Å². The summed E-state index contributed by atoms with van der Waals surface area (Å²) in [6, 6.07) is 15.3. The number of nitrogens with zero attached hydrogens (tertiary/aromatic N) is 1. The lowest BCUT2D eigenvalue weighted by molar-refractivity contribution is 0.0981. The lowest BCUT2D eigenvalue weighted by Gasteiger charge is -2.12. The summed E-state index contributed by atoms with van der Waals surface area (Å²) in [6.45, 7) is 3.21. The zero-order valence-electron chi connectivity index (χ0n) is 18.0. The molecule has 0 radical (unpaired) electrons. The first-order valence-corrected chi connectivity index (χ1v) is 14.0. The van der Waals surface area contributed by atoms with E-state index in [9.17, 15) is 26.9 Å². The van der Waals surface area contributed by atoms with Crippen LogP contribution in [0.3, 0.4) is 0 Å². The first-order valence-electron chi connectivity index (χ1n) is 9.67. The van der Waals surface area contributed by atoms with Crippen LogP contribution in [0.5, 0.6) is 0 Å². The lowest BCUT2D eigenvalue weighted by Crippen LogP contribution is -2.29. The molecule has 8 nitrogen and oxygen atoms in total. The molecule has 0 unspecified atom stereocenters. The molecule has 0 bridgehead atoms. The zero-order valence-corrected chi connectivity index (χ0v) is 20.4. The summed E-state index contributed by atoms with van der Waals surface area (Å²) in [6.07, 6.45) is 0.874. The molecule has 0 fully saturated rings. The third-order valence-corrected chi connectivity index (χ3v) is 7.94. The van der Waals surface area contributed by atoms with Crippen molar-refractivity contribution in [3.05, 3.63) is 65.0 Å². The topological polar surface area (TPSA) is 133 Å². The highest BCUT2D eigenvalue weighted by molar-refractivity contribution is 7.93. The van der Waals surface area contributed by atoms with Crippen molar-refractivity contribution in [1.82, 2.24) is 4.72 Å². The van der Waals surface area contributed by atoms with E-state index in [1.807, 2.05) is 22.9 Å². The average Bonchev–Trinajstić information content (AvgIpc) is 3.19. The fraction of sp³-hybridized carbons (Fsp3) is 0.182. The van der Waals surface area contributed by atoms with Gasteiger partial charge in [0.1, 0.15) is 0 Å². The normalized spacial score (nSPS) is 11.7. The number of nitriles is 1. The highest BCUT2D eigenvalue weighted by atomic mass is 32.2. The molecule has 2 N–H and O–H groups in total. The van der Waals surface area contributed by atoms with Crippen LogP contribution >= 0.6 is 11.3 Å². The molecule has 0 aliphatic carbocycles. The van der Waals surface area contributed by atoms with E-state index in [-0.39, 0.29) is 11.1 Å². The van der Waals surface area contributed by atoms with Gasteiger partial charge in [0.2, 0.25) is 20.0 Å². The third-order valence-electron chi connectivity index (χ3n) is 4.68. The quantitative estimate of drug-likeness (QED) is 0.504. The Kier molecular flexibility index (Phi) is 6.92. The summed E-state index contributed by atoms with van der Waals surface area (Å²) in [5.74, 6) is -0.815. The maximum Gasteiger partial charge on any atom is 0.264 e. The van der Waals surface area contributed by atoms with Crippen molar-refractivity contribution < 1.29 is 21.6 Å². The van der Waals surface area contributed by atoms with Crippen LogP contribution in [0, 0.1) is 11.3 Å². The molecule has 11 heteroatoms. The summed E-state index contributed by atoms with van der Waals surface area (Å²) in [7, 11) is -7.21. The Hall–Kier alpha value is -3.20. The van der Waals surface area contributed by atoms with Gasteiger partial charge < -0.3 is 0 Å². The van der Waals surface area contributed by atoms with E-state index in [1.54, 1.807) is 43.5 Å². The van der Waals surface area contributed by atoms with Crippen molar-refractivity contribution >= 4 is 43.0 Å². The molecule has 1 aromatic heterocycles. The fourth-order valence-corrected chi connectivity index (χ4v) is 5.03. The maximum atomic E-state index is 12.2. The van der Waals surface area contributed by atoms with Gasteiger partial charge >= 0.3 is 0 Å². The van der Waals surface area contributed by atoms with E-state index in [2.05, 4.69) is 4.72 Å². The van der Waals surface area contributed by atoms with E-state index in [1.165, 1.54) is 23.5 Å². The summed E-state index contributed by atoms with van der Waals surface area (Å²) in [4.78, 5) is 12.8. The number of sulfonamides is 2. The van der Waals surface area contributed by atoms with Crippen molar-refractivity contribution in [3.63, 3.8) is 0 Å². The van der Waals surface area contributed by atoms with Crippen LogP contribution in [-0.2, 0) is 20.0 Å². The van der Waals surface area contributed by atoms with Gasteiger partial charge in [-0.05, 0) is 54.1 Å². The second-order valence-electron chi connectivity index (χ2n) is 7.51. The Morgan fingerprint density at radius 2 is 1.64 bits per heavy atom. The minimum Gasteiger partial charge on any atom is -0.282 e. The van der Waals surface area contributed by atoms with E-state index < -0.39 is 31.2 Å². The van der Waals surface area contributed by atoms with Crippen molar-refractivity contribution in [2.24, 2.45) is 0 Å². The predicted octanol–water partition coefficient (Wildman–Crippen LogP) is 3.79. The van der Waals surface area contributed by atoms with Crippen molar-refractivity contribution in [1.29, 1.82) is 5.26 Å². The Morgan fingerprint density at radius 1 is 1.00 bits per heavy atom. The van der Waals surface area contributed by atoms with Gasteiger partial charge in [0.05, 0.1) is 33.7 Å². The first-order chi connectivity index (χ1) is 15.4. The van der Waals surface area contributed by atoms with Crippen LogP contribution in [0.15, 0.2) is 53.9 Å². The monoisotopic (exact) mass is 503 g/mol. The highest BCUT2D eigenvalue weighted by Gasteiger charge is 2.19. The number of nitrogens with one attached hydrogen (secondary N) is 2. The molecular formula is C22H21N3O5S3. The molecule has 1 heterocycles. The Balaban J connectivity index is 1.91. The lowest BCUT2D eigenvalue weighted by atomic mass is 9.97. The molecule has 33 heavy (non-hydrogen) atoms. The third kappa shape index (κ3) is 5.78. The molecular weight excluding hydrogens is 482 g/mol. The van der Waals surface area contributed by atoms with E-state index >= 15 is 0 Å². The Labute approximate surface area is 197 Å². The summed E-state index contributed by atoms with van der Waals surface area (Å²) >= 11 is 1.40. The van der Waals surface area contributed by atoms with Crippen LogP contribution in [-0.4, -0.2) is 34.2 Å². The van der Waals surface area contributed by atoms with Gasteiger partial charge in [-0.1, -0.05) is 30.3 Å². The number of anilines is 1. The van der Waals surface area contributed by atoms with Gasteiger partial charge in [0, 0.05) is 5.56 Å². The molecule has 1 amide bonds. The predicted molar refractivity (Wildman–Crippen MR) is 130 cm³/mol. The molecule has 2 aromatic carbocycles. The molecule has 0 saturated heterocycles. The number of hydrogen-bond acceptors (Lipinski definition) is 7. The van der Waals surface area contributed by atoms with Gasteiger partial charge in [0.25, 0.3) is 5.91 Å². The number of benzene rings is 2. The smallest absolute Gasteiger partial charge is 0.264 e. The van der Waals surface area contributed by atoms with Gasteiger partial charge in [-0.2, -0.15) is 5.26 Å². The van der Waals surface area contributed by atoms with E-state index in [0.29, 0.717) is 16.8 Å². The van der Waals surface area contributed by atoms with Gasteiger partial charge in [-0.3, -0.25) is 9.52 Å². The van der Waals surface area contributed by atoms with Crippen molar-refractivity contribution in [2.75, 3.05) is 11.0 Å². The molecule has 172 valence electrons. The van der Waals surface area contributed by atoms with Crippen LogP contribution in [0.25, 0.3) is 21.6 Å². The zero-order chi connectivity index (χ0) is 24.4. The number of amides is 1. The van der Waals surface area contributed by atoms with E-state index in [0.717, 1.165) is 16.7 Å². The van der Waals surface area contributed by atoms with E-state index in [4.69, 9.17) is 0 Å². The Bertz CT molecular complexity index is 1450. The molecule has 0 atom stereocenters. The molecule has 3 rings (SSSR count). The van der Waals surface area contributed by atoms with Gasteiger partial charge in [0.15, 0.2) is 0 Å². The molecule has 3 aromatic rings. The summed E-state index contributed by atoms with van der Waals surface area (Å²) < 4.78 is 51.6. The number of hydrogen-bond donors (Lipinski definition) is 2. The number of carbonyl (C=O) groups is 1. The van der Waals surface area contributed by atoms with Gasteiger partial charge in [-0.25, -0.2) is 21.6 Å². The maximum absolute atomic E-state index is 12.2. The average molecular weight is 504 g/mol. The number of rotatable bonds is 7. The fourth-order valence-electron chi connectivity index (χ4n) is 2.94. The SMILES string of the molecule is CC(C)S(=O)(=O)Nc1ccsc1-c1ccc(-c2ccc(C(=O)NS(C)(=O)=O)cc2C#N)cc1. The summed E-state index contributed by atoms with van der Waals surface area (Å²) in [5, 5.41) is 10.8. The van der Waals surface area contributed by atoms with Crippen LogP contribution < -0.4 is 9.44 Å². The second-order valence-corrected chi connectivity index (χ2v) is 12.4. The Morgan fingerprint density at radius 3 is 2.21 bits per heavy atom. The van der Waals surface area contributed by atoms with Crippen LogP contribution in [0.2, 0.25) is 0 Å². The minimum absolute atomic E-state index is 0.0537. The van der Waals surface area contributed by atoms with Crippen molar-refractivity contribution in [3.8, 4) is 27.6 Å². The molecule has 0 spiro atoms. The molecule has 0 aliphatic heterocycles. The van der Waals surface area contributed by atoms with Crippen LogP contribution in [0.1, 0.15) is 29.8 Å². The minimum atomic E-state index is -3.72. The molecule has 0 aliphatic rings. The van der Waals surface area contributed by atoms with Crippen LogP contribution in [0.4, 0.5) is 5.69 Å².